The van der Waals surface area contributed by atoms with Gasteiger partial charge in [-0.05, 0) is 30.2 Å². The van der Waals surface area contributed by atoms with Gasteiger partial charge in [0.25, 0.3) is 0 Å². The van der Waals surface area contributed by atoms with Crippen molar-refractivity contribution in [2.75, 3.05) is 51.3 Å². The van der Waals surface area contributed by atoms with Gasteiger partial charge in [0.15, 0.2) is 11.5 Å². The maximum Gasteiger partial charge on any atom is 0.203 e. The molecule has 0 N–H and O–H groups in total. The van der Waals surface area contributed by atoms with Crippen molar-refractivity contribution in [3.63, 3.8) is 0 Å². The molecule has 26 heavy (non-hydrogen) atoms. The molecular weight excluding hydrogens is 328 g/mol. The highest BCUT2D eigenvalue weighted by atomic mass is 16.5. The second-order valence-corrected chi connectivity index (χ2v) is 6.85. The van der Waals surface area contributed by atoms with E-state index in [1.54, 1.807) is 21.3 Å². The van der Waals surface area contributed by atoms with E-state index in [0.717, 1.165) is 30.9 Å². The maximum absolute atomic E-state index is 5.68. The van der Waals surface area contributed by atoms with E-state index in [1.807, 2.05) is 6.07 Å². The van der Waals surface area contributed by atoms with E-state index in [9.17, 15) is 0 Å². The molecule has 5 heteroatoms. The van der Waals surface area contributed by atoms with E-state index in [0.29, 0.717) is 17.4 Å². The average molecular weight is 356 g/mol. The van der Waals surface area contributed by atoms with Crippen LogP contribution in [0, 0.1) is 5.92 Å². The van der Waals surface area contributed by atoms with Crippen LogP contribution in [0.4, 0.5) is 11.4 Å². The first-order chi connectivity index (χ1) is 12.6. The first-order valence-corrected chi connectivity index (χ1v) is 8.92. The van der Waals surface area contributed by atoms with Crippen LogP contribution >= 0.6 is 0 Å². The Morgan fingerprint density at radius 2 is 1.58 bits per heavy atom. The molecule has 0 saturated heterocycles. The van der Waals surface area contributed by atoms with Crippen molar-refractivity contribution in [2.45, 2.75) is 13.5 Å². The number of hydrogen-bond donors (Lipinski definition) is 0. The molecule has 5 nitrogen and oxygen atoms in total. The Labute approximate surface area is 156 Å². The molecule has 1 unspecified atom stereocenters. The van der Waals surface area contributed by atoms with Gasteiger partial charge in [-0.25, -0.2) is 0 Å². The zero-order valence-corrected chi connectivity index (χ0v) is 16.3. The summed E-state index contributed by atoms with van der Waals surface area (Å²) in [5, 5.41) is 0. The number of para-hydroxylation sites is 2. The normalized spacial score (nSPS) is 16.7. The average Bonchev–Trinajstić information content (AvgIpc) is 2.77. The number of fused-ring (bicyclic) bond motifs is 1. The van der Waals surface area contributed by atoms with Crippen LogP contribution in [0.1, 0.15) is 12.5 Å². The van der Waals surface area contributed by atoms with E-state index >= 15 is 0 Å². The standard InChI is InChI=1S/C21H28N2O3/c1-15-12-22(2)17-8-6-7-9-18(17)23(13-15)14-16-10-11-19(24-3)21(26-5)20(16)25-4/h6-11,15H,12-14H2,1-5H3. The van der Waals surface area contributed by atoms with Gasteiger partial charge in [-0.3, -0.25) is 0 Å². The Morgan fingerprint density at radius 1 is 0.885 bits per heavy atom. The van der Waals surface area contributed by atoms with Crippen molar-refractivity contribution in [1.82, 2.24) is 0 Å². The molecule has 1 heterocycles. The van der Waals surface area contributed by atoms with Gasteiger partial charge in [-0.15, -0.1) is 0 Å². The summed E-state index contributed by atoms with van der Waals surface area (Å²) in [5.41, 5.74) is 3.59. The van der Waals surface area contributed by atoms with Crippen LogP contribution in [0.25, 0.3) is 0 Å². The summed E-state index contributed by atoms with van der Waals surface area (Å²) in [6, 6.07) is 12.6. The monoisotopic (exact) mass is 356 g/mol. The molecule has 3 rings (SSSR count). The van der Waals surface area contributed by atoms with Gasteiger partial charge >= 0.3 is 0 Å². The minimum Gasteiger partial charge on any atom is -0.493 e. The van der Waals surface area contributed by atoms with Gasteiger partial charge in [0.05, 0.1) is 32.7 Å². The summed E-state index contributed by atoms with van der Waals surface area (Å²) in [7, 11) is 7.12. The summed E-state index contributed by atoms with van der Waals surface area (Å²) in [5.74, 6) is 2.60. The van der Waals surface area contributed by atoms with Crippen molar-refractivity contribution in [2.24, 2.45) is 5.92 Å². The van der Waals surface area contributed by atoms with Crippen molar-refractivity contribution >= 4 is 11.4 Å². The van der Waals surface area contributed by atoms with E-state index in [-0.39, 0.29) is 0 Å². The molecule has 2 aromatic carbocycles. The molecule has 0 saturated carbocycles. The largest absolute Gasteiger partial charge is 0.493 e. The number of nitrogens with zero attached hydrogens (tertiary/aromatic N) is 2. The Hall–Kier alpha value is -2.56. The zero-order valence-electron chi connectivity index (χ0n) is 16.3. The lowest BCUT2D eigenvalue weighted by atomic mass is 10.1. The summed E-state index contributed by atoms with van der Waals surface area (Å²) >= 11 is 0. The molecule has 0 radical (unpaired) electrons. The fraction of sp³-hybridized carbons (Fsp3) is 0.429. The van der Waals surface area contributed by atoms with E-state index in [4.69, 9.17) is 14.2 Å². The minimum atomic E-state index is 0.554. The fourth-order valence-electron chi connectivity index (χ4n) is 3.80. The number of anilines is 2. The second-order valence-electron chi connectivity index (χ2n) is 6.85. The lowest BCUT2D eigenvalue weighted by Gasteiger charge is -2.27. The molecule has 0 spiro atoms. The number of hydrogen-bond acceptors (Lipinski definition) is 5. The Balaban J connectivity index is 2.01. The maximum atomic E-state index is 5.68. The lowest BCUT2D eigenvalue weighted by molar-refractivity contribution is 0.322. The predicted molar refractivity (Wildman–Crippen MR) is 106 cm³/mol. The van der Waals surface area contributed by atoms with Crippen LogP contribution in [0.3, 0.4) is 0 Å². The van der Waals surface area contributed by atoms with Crippen LogP contribution in [0.2, 0.25) is 0 Å². The van der Waals surface area contributed by atoms with Gasteiger partial charge < -0.3 is 24.0 Å². The fourth-order valence-corrected chi connectivity index (χ4v) is 3.80. The van der Waals surface area contributed by atoms with Crippen molar-refractivity contribution in [1.29, 1.82) is 0 Å². The molecule has 0 amide bonds. The van der Waals surface area contributed by atoms with Gasteiger partial charge in [-0.2, -0.15) is 0 Å². The Bertz CT molecular complexity index is 763. The van der Waals surface area contributed by atoms with E-state index in [2.05, 4.69) is 54.1 Å². The third-order valence-corrected chi connectivity index (χ3v) is 4.90. The molecule has 0 aromatic heterocycles. The van der Waals surface area contributed by atoms with Crippen LogP contribution < -0.4 is 24.0 Å². The summed E-state index contributed by atoms with van der Waals surface area (Å²) in [6.07, 6.45) is 0. The molecular formula is C21H28N2O3. The summed E-state index contributed by atoms with van der Waals surface area (Å²) in [6.45, 7) is 5.06. The van der Waals surface area contributed by atoms with Crippen LogP contribution in [-0.2, 0) is 6.54 Å². The van der Waals surface area contributed by atoms with Gasteiger partial charge in [-0.1, -0.05) is 19.1 Å². The molecule has 140 valence electrons. The highest BCUT2D eigenvalue weighted by Crippen LogP contribution is 2.41. The number of benzene rings is 2. The van der Waals surface area contributed by atoms with Crippen LogP contribution in [-0.4, -0.2) is 41.5 Å². The molecule has 1 aliphatic rings. The first-order valence-electron chi connectivity index (χ1n) is 8.92. The predicted octanol–water partition coefficient (Wildman–Crippen LogP) is 3.80. The number of rotatable bonds is 5. The van der Waals surface area contributed by atoms with Gasteiger partial charge in [0, 0.05) is 32.2 Å². The summed E-state index contributed by atoms with van der Waals surface area (Å²) < 4.78 is 16.6. The zero-order chi connectivity index (χ0) is 18.7. The molecule has 0 aliphatic carbocycles. The van der Waals surface area contributed by atoms with Crippen LogP contribution in [0.15, 0.2) is 36.4 Å². The highest BCUT2D eigenvalue weighted by Gasteiger charge is 2.24. The SMILES string of the molecule is COc1ccc(CN2CC(C)CN(C)c3ccccc32)c(OC)c1OC. The highest BCUT2D eigenvalue weighted by molar-refractivity contribution is 5.72. The minimum absolute atomic E-state index is 0.554. The van der Waals surface area contributed by atoms with E-state index < -0.39 is 0 Å². The topological polar surface area (TPSA) is 34.2 Å². The van der Waals surface area contributed by atoms with Gasteiger partial charge in [0.1, 0.15) is 0 Å². The quantitative estimate of drug-likeness (QED) is 0.814. The molecule has 0 fully saturated rings. The van der Waals surface area contributed by atoms with Crippen molar-refractivity contribution < 1.29 is 14.2 Å². The molecule has 2 aromatic rings. The lowest BCUT2D eigenvalue weighted by Crippen LogP contribution is -2.29. The molecule has 0 bridgehead atoms. The second kappa shape index (κ2) is 7.77. The summed E-state index contributed by atoms with van der Waals surface area (Å²) in [4.78, 5) is 4.76. The Morgan fingerprint density at radius 3 is 2.23 bits per heavy atom. The van der Waals surface area contributed by atoms with E-state index in [1.165, 1.54) is 11.4 Å². The Kier molecular flexibility index (Phi) is 5.45. The van der Waals surface area contributed by atoms with Crippen molar-refractivity contribution in [3.05, 3.63) is 42.0 Å². The number of methoxy groups -OCH3 is 3. The third kappa shape index (κ3) is 3.39. The molecule has 1 atom stereocenters. The van der Waals surface area contributed by atoms with Gasteiger partial charge in [0.2, 0.25) is 5.75 Å². The number of ether oxygens (including phenoxy) is 3. The molecule has 1 aliphatic heterocycles. The smallest absolute Gasteiger partial charge is 0.203 e. The third-order valence-electron chi connectivity index (χ3n) is 4.90. The first kappa shape index (κ1) is 18.2. The van der Waals surface area contributed by atoms with Crippen LogP contribution in [0.5, 0.6) is 17.2 Å². The van der Waals surface area contributed by atoms with Crippen molar-refractivity contribution in [3.8, 4) is 17.2 Å².